The fourth-order valence-electron chi connectivity index (χ4n) is 2.20. The van der Waals surface area contributed by atoms with Crippen molar-refractivity contribution in [2.45, 2.75) is 4.90 Å². The number of methoxy groups -OCH3 is 1. The molecule has 0 saturated heterocycles. The van der Waals surface area contributed by atoms with Crippen molar-refractivity contribution in [1.29, 1.82) is 0 Å². The number of nitrogens with one attached hydrogen (secondary N) is 1. The standard InChI is InChI=1S/C18H19ClN2O4S/c1-3-12-21(13-18(22)20-17-7-5-4-6-16(17)19)26(23,24)15-10-8-14(25-2)9-11-15/h3-11H,1,12-13H2,2H3,(H,20,22). The molecule has 138 valence electrons. The van der Waals surface area contributed by atoms with Crippen LogP contribution in [0.2, 0.25) is 5.02 Å². The molecular formula is C18H19ClN2O4S. The lowest BCUT2D eigenvalue weighted by Crippen LogP contribution is -2.38. The van der Waals surface area contributed by atoms with Crippen LogP contribution < -0.4 is 10.1 Å². The van der Waals surface area contributed by atoms with E-state index in [2.05, 4.69) is 11.9 Å². The first-order valence-electron chi connectivity index (χ1n) is 7.68. The summed E-state index contributed by atoms with van der Waals surface area (Å²) in [6.07, 6.45) is 1.42. The molecule has 1 amide bonds. The van der Waals surface area contributed by atoms with Crippen LogP contribution in [0.1, 0.15) is 0 Å². The molecule has 0 spiro atoms. The van der Waals surface area contributed by atoms with Gasteiger partial charge in [0.05, 0.1) is 29.3 Å². The van der Waals surface area contributed by atoms with Gasteiger partial charge in [0.2, 0.25) is 15.9 Å². The molecule has 0 aliphatic heterocycles. The molecule has 0 radical (unpaired) electrons. The van der Waals surface area contributed by atoms with E-state index in [-0.39, 0.29) is 18.0 Å². The van der Waals surface area contributed by atoms with E-state index >= 15 is 0 Å². The summed E-state index contributed by atoms with van der Waals surface area (Å²) in [5, 5.41) is 2.98. The number of hydrogen-bond donors (Lipinski definition) is 1. The van der Waals surface area contributed by atoms with Gasteiger partial charge in [0, 0.05) is 6.54 Å². The molecule has 0 atom stereocenters. The van der Waals surface area contributed by atoms with E-state index in [4.69, 9.17) is 16.3 Å². The molecule has 26 heavy (non-hydrogen) atoms. The number of amides is 1. The Balaban J connectivity index is 2.19. The number of carbonyl (C=O) groups is 1. The third-order valence-electron chi connectivity index (χ3n) is 3.50. The average molecular weight is 395 g/mol. The fourth-order valence-corrected chi connectivity index (χ4v) is 3.75. The monoisotopic (exact) mass is 394 g/mol. The minimum atomic E-state index is -3.87. The molecule has 0 aromatic heterocycles. The van der Waals surface area contributed by atoms with Gasteiger partial charge in [-0.3, -0.25) is 4.79 Å². The van der Waals surface area contributed by atoms with Gasteiger partial charge in [-0.25, -0.2) is 8.42 Å². The third kappa shape index (κ3) is 4.85. The Hall–Kier alpha value is -2.35. The van der Waals surface area contributed by atoms with Crippen LogP contribution in [0.4, 0.5) is 5.69 Å². The zero-order chi connectivity index (χ0) is 19.2. The van der Waals surface area contributed by atoms with E-state index in [9.17, 15) is 13.2 Å². The molecule has 6 nitrogen and oxygen atoms in total. The van der Waals surface area contributed by atoms with Crippen molar-refractivity contribution in [1.82, 2.24) is 4.31 Å². The molecule has 8 heteroatoms. The molecule has 2 aromatic rings. The van der Waals surface area contributed by atoms with Crippen molar-refractivity contribution in [3.63, 3.8) is 0 Å². The molecule has 1 N–H and O–H groups in total. The second-order valence-electron chi connectivity index (χ2n) is 5.29. The highest BCUT2D eigenvalue weighted by Gasteiger charge is 2.26. The highest BCUT2D eigenvalue weighted by molar-refractivity contribution is 7.89. The fraction of sp³-hybridized carbons (Fsp3) is 0.167. The zero-order valence-corrected chi connectivity index (χ0v) is 15.8. The summed E-state index contributed by atoms with van der Waals surface area (Å²) in [6, 6.07) is 12.7. The van der Waals surface area contributed by atoms with Crippen LogP contribution in [0.3, 0.4) is 0 Å². The number of para-hydroxylation sites is 1. The van der Waals surface area contributed by atoms with Crippen LogP contribution in [-0.4, -0.2) is 38.8 Å². The van der Waals surface area contributed by atoms with Crippen molar-refractivity contribution in [2.24, 2.45) is 0 Å². The summed E-state index contributed by atoms with van der Waals surface area (Å²) in [6.45, 7) is 3.18. The van der Waals surface area contributed by atoms with E-state index in [1.165, 1.54) is 25.3 Å². The van der Waals surface area contributed by atoms with Gasteiger partial charge >= 0.3 is 0 Å². The van der Waals surface area contributed by atoms with E-state index in [1.54, 1.807) is 36.4 Å². The second kappa shape index (κ2) is 8.84. The Bertz CT molecular complexity index is 882. The number of halogens is 1. The quantitative estimate of drug-likeness (QED) is 0.698. The van der Waals surface area contributed by atoms with E-state index in [0.717, 1.165) is 4.31 Å². The van der Waals surface area contributed by atoms with Crippen LogP contribution in [0, 0.1) is 0 Å². The largest absolute Gasteiger partial charge is 0.497 e. The average Bonchev–Trinajstić information content (AvgIpc) is 2.63. The predicted octanol–water partition coefficient (Wildman–Crippen LogP) is 3.16. The third-order valence-corrected chi connectivity index (χ3v) is 5.65. The number of carbonyl (C=O) groups excluding carboxylic acids is 1. The molecule has 0 saturated carbocycles. The Morgan fingerprint density at radius 3 is 2.46 bits per heavy atom. The van der Waals surface area contributed by atoms with Gasteiger partial charge in [0.15, 0.2) is 0 Å². The molecule has 0 unspecified atom stereocenters. The number of hydrogen-bond acceptors (Lipinski definition) is 4. The number of rotatable bonds is 8. The van der Waals surface area contributed by atoms with Crippen molar-refractivity contribution in [2.75, 3.05) is 25.5 Å². The van der Waals surface area contributed by atoms with Crippen molar-refractivity contribution >= 4 is 33.2 Å². The zero-order valence-electron chi connectivity index (χ0n) is 14.2. The lowest BCUT2D eigenvalue weighted by molar-refractivity contribution is -0.116. The highest BCUT2D eigenvalue weighted by Crippen LogP contribution is 2.22. The van der Waals surface area contributed by atoms with Crippen LogP contribution in [-0.2, 0) is 14.8 Å². The number of nitrogens with zero attached hydrogens (tertiary/aromatic N) is 1. The molecule has 2 rings (SSSR count). The molecular weight excluding hydrogens is 376 g/mol. The van der Waals surface area contributed by atoms with Crippen LogP contribution in [0.25, 0.3) is 0 Å². The number of anilines is 1. The van der Waals surface area contributed by atoms with Crippen LogP contribution in [0.15, 0.2) is 66.1 Å². The molecule has 2 aromatic carbocycles. The summed E-state index contributed by atoms with van der Waals surface area (Å²) in [5.74, 6) is 0.0349. The molecule has 0 aliphatic rings. The lowest BCUT2D eigenvalue weighted by Gasteiger charge is -2.20. The number of sulfonamides is 1. The Labute approximate surface area is 158 Å². The number of ether oxygens (including phenoxy) is 1. The minimum Gasteiger partial charge on any atom is -0.497 e. The first-order chi connectivity index (χ1) is 12.4. The van der Waals surface area contributed by atoms with Gasteiger partial charge in [-0.15, -0.1) is 6.58 Å². The first kappa shape index (κ1) is 20.0. The summed E-state index contributed by atoms with van der Waals surface area (Å²) in [4.78, 5) is 12.4. The van der Waals surface area contributed by atoms with Crippen molar-refractivity contribution < 1.29 is 17.9 Å². The SMILES string of the molecule is C=CCN(CC(=O)Nc1ccccc1Cl)S(=O)(=O)c1ccc(OC)cc1. The predicted molar refractivity (Wildman–Crippen MR) is 102 cm³/mol. The molecule has 0 aliphatic carbocycles. The normalized spacial score (nSPS) is 11.2. The van der Waals surface area contributed by atoms with Gasteiger partial charge in [-0.1, -0.05) is 29.8 Å². The van der Waals surface area contributed by atoms with E-state index in [0.29, 0.717) is 16.5 Å². The summed E-state index contributed by atoms with van der Waals surface area (Å²) >= 11 is 6.01. The molecule has 0 heterocycles. The Morgan fingerprint density at radius 2 is 1.88 bits per heavy atom. The smallest absolute Gasteiger partial charge is 0.243 e. The maximum atomic E-state index is 12.8. The minimum absolute atomic E-state index is 0.00962. The van der Waals surface area contributed by atoms with Gasteiger partial charge in [0.25, 0.3) is 0 Å². The number of benzene rings is 2. The van der Waals surface area contributed by atoms with Gasteiger partial charge < -0.3 is 10.1 Å². The molecule has 0 bridgehead atoms. The lowest BCUT2D eigenvalue weighted by atomic mass is 10.3. The maximum Gasteiger partial charge on any atom is 0.243 e. The van der Waals surface area contributed by atoms with Crippen molar-refractivity contribution in [3.8, 4) is 5.75 Å². The Morgan fingerprint density at radius 1 is 1.23 bits per heavy atom. The maximum absolute atomic E-state index is 12.8. The summed E-state index contributed by atoms with van der Waals surface area (Å²) in [5.41, 5.74) is 0.416. The summed E-state index contributed by atoms with van der Waals surface area (Å²) in [7, 11) is -2.38. The topological polar surface area (TPSA) is 75.7 Å². The molecule has 0 fully saturated rings. The van der Waals surface area contributed by atoms with E-state index in [1.807, 2.05) is 0 Å². The van der Waals surface area contributed by atoms with Gasteiger partial charge in [-0.2, -0.15) is 4.31 Å². The van der Waals surface area contributed by atoms with Gasteiger partial charge in [0.1, 0.15) is 5.75 Å². The van der Waals surface area contributed by atoms with Crippen LogP contribution in [0.5, 0.6) is 5.75 Å². The second-order valence-corrected chi connectivity index (χ2v) is 7.63. The summed E-state index contributed by atoms with van der Waals surface area (Å²) < 4.78 is 31.7. The van der Waals surface area contributed by atoms with Gasteiger partial charge in [-0.05, 0) is 36.4 Å². The Kier molecular flexibility index (Phi) is 6.79. The van der Waals surface area contributed by atoms with Crippen molar-refractivity contribution in [3.05, 3.63) is 66.2 Å². The highest BCUT2D eigenvalue weighted by atomic mass is 35.5. The van der Waals surface area contributed by atoms with Crippen LogP contribution >= 0.6 is 11.6 Å². The first-order valence-corrected chi connectivity index (χ1v) is 9.49. The van der Waals surface area contributed by atoms with E-state index < -0.39 is 15.9 Å².